The summed E-state index contributed by atoms with van der Waals surface area (Å²) in [6, 6.07) is 10.7. The van der Waals surface area contributed by atoms with Crippen LogP contribution in [0.5, 0.6) is 0 Å². The number of benzene rings is 1. The minimum Gasteiger partial charge on any atom is -0.348 e. The Morgan fingerprint density at radius 2 is 2.16 bits per heavy atom. The Morgan fingerprint density at radius 1 is 1.32 bits per heavy atom. The molecule has 19 heavy (non-hydrogen) atoms. The van der Waals surface area contributed by atoms with E-state index in [1.807, 2.05) is 30.3 Å². The van der Waals surface area contributed by atoms with Crippen molar-refractivity contribution in [3.05, 3.63) is 30.3 Å². The Morgan fingerprint density at radius 3 is 2.95 bits per heavy atom. The van der Waals surface area contributed by atoms with Crippen molar-refractivity contribution in [3.63, 3.8) is 0 Å². The molecule has 100 valence electrons. The van der Waals surface area contributed by atoms with E-state index >= 15 is 0 Å². The molecule has 2 aromatic rings. The highest BCUT2D eigenvalue weighted by molar-refractivity contribution is 5.39. The van der Waals surface area contributed by atoms with Crippen LogP contribution in [0.3, 0.4) is 0 Å². The lowest BCUT2D eigenvalue weighted by Crippen LogP contribution is -2.46. The van der Waals surface area contributed by atoms with Gasteiger partial charge in [0, 0.05) is 12.1 Å². The van der Waals surface area contributed by atoms with Gasteiger partial charge in [-0.3, -0.25) is 0 Å². The van der Waals surface area contributed by atoms with Crippen LogP contribution in [0, 0.1) is 0 Å². The fourth-order valence-corrected chi connectivity index (χ4v) is 2.43. The number of hydrogen-bond donors (Lipinski definition) is 2. The maximum absolute atomic E-state index is 4.08. The zero-order valence-electron chi connectivity index (χ0n) is 11.0. The third-order valence-corrected chi connectivity index (χ3v) is 3.55. The van der Waals surface area contributed by atoms with Gasteiger partial charge in [-0.2, -0.15) is 4.68 Å². The number of tetrazole rings is 1. The number of nitrogens with one attached hydrogen (secondary N) is 2. The summed E-state index contributed by atoms with van der Waals surface area (Å²) in [7, 11) is 0. The third-order valence-electron chi connectivity index (χ3n) is 3.55. The van der Waals surface area contributed by atoms with Gasteiger partial charge in [0.2, 0.25) is 5.95 Å². The summed E-state index contributed by atoms with van der Waals surface area (Å²) < 4.78 is 1.74. The largest absolute Gasteiger partial charge is 0.348 e. The number of para-hydroxylation sites is 1. The van der Waals surface area contributed by atoms with Crippen LogP contribution in [0.25, 0.3) is 5.69 Å². The fourth-order valence-electron chi connectivity index (χ4n) is 2.43. The molecule has 1 saturated heterocycles. The second-order valence-electron chi connectivity index (χ2n) is 4.89. The molecule has 2 heterocycles. The lowest BCUT2D eigenvalue weighted by atomic mass is 10.0. The molecule has 1 aliphatic rings. The minimum absolute atomic E-state index is 0.363. The first-order valence-electron chi connectivity index (χ1n) is 6.68. The number of nitrogens with zero attached hydrogens (tertiary/aromatic N) is 4. The summed E-state index contributed by atoms with van der Waals surface area (Å²) in [5, 5.41) is 18.8. The molecular formula is C13H18N6. The van der Waals surface area contributed by atoms with Gasteiger partial charge in [0.25, 0.3) is 0 Å². The maximum Gasteiger partial charge on any atom is 0.248 e. The summed E-state index contributed by atoms with van der Waals surface area (Å²) in [5.41, 5.74) is 0.964. The molecule has 3 rings (SSSR count). The molecule has 6 nitrogen and oxygen atoms in total. The zero-order chi connectivity index (χ0) is 13.1. The van der Waals surface area contributed by atoms with Crippen LogP contribution < -0.4 is 10.6 Å². The second kappa shape index (κ2) is 5.36. The van der Waals surface area contributed by atoms with Crippen molar-refractivity contribution < 1.29 is 0 Å². The lowest BCUT2D eigenvalue weighted by molar-refractivity contribution is 0.387. The average Bonchev–Trinajstić information content (AvgIpc) is 2.91. The van der Waals surface area contributed by atoms with Gasteiger partial charge in [0.05, 0.1) is 5.69 Å². The summed E-state index contributed by atoms with van der Waals surface area (Å²) >= 11 is 0. The number of aromatic nitrogens is 4. The van der Waals surface area contributed by atoms with E-state index in [9.17, 15) is 0 Å². The van der Waals surface area contributed by atoms with Crippen molar-refractivity contribution >= 4 is 5.95 Å². The van der Waals surface area contributed by atoms with Gasteiger partial charge in [0.15, 0.2) is 0 Å². The molecule has 0 amide bonds. The summed E-state index contributed by atoms with van der Waals surface area (Å²) in [6.07, 6.45) is 2.31. The summed E-state index contributed by atoms with van der Waals surface area (Å²) in [5.74, 6) is 0.701. The van der Waals surface area contributed by atoms with Crippen LogP contribution in [-0.2, 0) is 0 Å². The zero-order valence-corrected chi connectivity index (χ0v) is 11.0. The molecule has 1 aliphatic heterocycles. The van der Waals surface area contributed by atoms with Gasteiger partial charge in [0.1, 0.15) is 0 Å². The van der Waals surface area contributed by atoms with Crippen LogP contribution in [0.2, 0.25) is 0 Å². The Labute approximate surface area is 112 Å². The van der Waals surface area contributed by atoms with E-state index in [-0.39, 0.29) is 0 Å². The quantitative estimate of drug-likeness (QED) is 0.866. The SMILES string of the molecule is CC1NCCCC1Nc1nnnn1-c1ccccc1. The molecule has 1 fully saturated rings. The standard InChI is InChI=1S/C13H18N6/c1-10-12(8-5-9-14-10)15-13-16-17-18-19(13)11-6-3-2-4-7-11/h2-4,6-7,10,12,14H,5,8-9H2,1H3,(H,15,16,18). The Bertz CT molecular complexity index is 523. The molecule has 0 radical (unpaired) electrons. The van der Waals surface area contributed by atoms with Gasteiger partial charge < -0.3 is 10.6 Å². The monoisotopic (exact) mass is 258 g/mol. The Balaban J connectivity index is 1.81. The van der Waals surface area contributed by atoms with E-state index in [1.54, 1.807) is 4.68 Å². The van der Waals surface area contributed by atoms with Gasteiger partial charge in [-0.15, -0.1) is 0 Å². The predicted octanol–water partition coefficient (Wildman–Crippen LogP) is 1.21. The Kier molecular flexibility index (Phi) is 3.41. The molecule has 2 unspecified atom stereocenters. The first-order chi connectivity index (χ1) is 9.34. The van der Waals surface area contributed by atoms with E-state index in [0.29, 0.717) is 18.0 Å². The van der Waals surface area contributed by atoms with E-state index < -0.39 is 0 Å². The van der Waals surface area contributed by atoms with Crippen molar-refractivity contribution in [2.24, 2.45) is 0 Å². The van der Waals surface area contributed by atoms with Crippen LogP contribution in [0.4, 0.5) is 5.95 Å². The first-order valence-corrected chi connectivity index (χ1v) is 6.68. The first kappa shape index (κ1) is 12.1. The molecule has 6 heteroatoms. The van der Waals surface area contributed by atoms with Crippen LogP contribution in [0.15, 0.2) is 30.3 Å². The minimum atomic E-state index is 0.363. The third kappa shape index (κ3) is 2.58. The number of piperidine rings is 1. The van der Waals surface area contributed by atoms with E-state index in [4.69, 9.17) is 0 Å². The van der Waals surface area contributed by atoms with E-state index in [1.165, 1.54) is 6.42 Å². The molecule has 1 aromatic heterocycles. The number of rotatable bonds is 3. The molecule has 0 aliphatic carbocycles. The highest BCUT2D eigenvalue weighted by atomic mass is 15.6. The highest BCUT2D eigenvalue weighted by Crippen LogP contribution is 2.16. The van der Waals surface area contributed by atoms with Crippen molar-refractivity contribution in [2.45, 2.75) is 31.8 Å². The number of hydrogen-bond acceptors (Lipinski definition) is 5. The number of anilines is 1. The van der Waals surface area contributed by atoms with Crippen LogP contribution >= 0.6 is 0 Å². The van der Waals surface area contributed by atoms with Gasteiger partial charge in [-0.25, -0.2) is 0 Å². The van der Waals surface area contributed by atoms with Crippen molar-refractivity contribution in [2.75, 3.05) is 11.9 Å². The van der Waals surface area contributed by atoms with Crippen molar-refractivity contribution in [1.82, 2.24) is 25.5 Å². The molecule has 0 saturated carbocycles. The summed E-state index contributed by atoms with van der Waals surface area (Å²) in [6.45, 7) is 3.27. The normalized spacial score (nSPS) is 23.2. The molecular weight excluding hydrogens is 240 g/mol. The highest BCUT2D eigenvalue weighted by Gasteiger charge is 2.22. The molecule has 0 bridgehead atoms. The predicted molar refractivity (Wildman–Crippen MR) is 73.3 cm³/mol. The molecule has 0 spiro atoms. The van der Waals surface area contributed by atoms with Crippen LogP contribution in [0.1, 0.15) is 19.8 Å². The van der Waals surface area contributed by atoms with E-state index in [0.717, 1.165) is 18.7 Å². The van der Waals surface area contributed by atoms with E-state index in [2.05, 4.69) is 33.1 Å². The maximum atomic E-state index is 4.08. The fraction of sp³-hybridized carbons (Fsp3) is 0.462. The smallest absolute Gasteiger partial charge is 0.248 e. The molecule has 2 atom stereocenters. The van der Waals surface area contributed by atoms with Crippen molar-refractivity contribution in [1.29, 1.82) is 0 Å². The lowest BCUT2D eigenvalue weighted by Gasteiger charge is -2.30. The molecule has 1 aromatic carbocycles. The second-order valence-corrected chi connectivity index (χ2v) is 4.89. The van der Waals surface area contributed by atoms with Crippen LogP contribution in [-0.4, -0.2) is 38.8 Å². The van der Waals surface area contributed by atoms with Gasteiger partial charge in [-0.05, 0) is 48.9 Å². The topological polar surface area (TPSA) is 67.7 Å². The van der Waals surface area contributed by atoms with Gasteiger partial charge in [-0.1, -0.05) is 23.3 Å². The molecule has 2 N–H and O–H groups in total. The van der Waals surface area contributed by atoms with Crippen molar-refractivity contribution in [3.8, 4) is 5.69 Å². The van der Waals surface area contributed by atoms with Gasteiger partial charge >= 0.3 is 0 Å². The Hall–Kier alpha value is -1.95. The summed E-state index contributed by atoms with van der Waals surface area (Å²) in [4.78, 5) is 0. The average molecular weight is 258 g/mol.